The predicted molar refractivity (Wildman–Crippen MR) is 73.5 cm³/mol. The van der Waals surface area contributed by atoms with E-state index in [-0.39, 0.29) is 0 Å². The van der Waals surface area contributed by atoms with E-state index >= 15 is 0 Å². The van der Waals surface area contributed by atoms with Crippen LogP contribution in [0.5, 0.6) is 0 Å². The number of thiocarbonyl (C=S) groups is 1. The normalized spacial score (nSPS) is 22.3. The van der Waals surface area contributed by atoms with E-state index in [0.29, 0.717) is 6.04 Å². The van der Waals surface area contributed by atoms with E-state index in [1.54, 1.807) is 0 Å². The van der Waals surface area contributed by atoms with Gasteiger partial charge in [-0.05, 0) is 24.4 Å². The highest BCUT2D eigenvalue weighted by Gasteiger charge is 2.32. The van der Waals surface area contributed by atoms with Crippen molar-refractivity contribution in [1.82, 2.24) is 4.90 Å². The summed E-state index contributed by atoms with van der Waals surface area (Å²) < 4.78 is 0. The zero-order valence-corrected chi connectivity index (χ0v) is 10.9. The number of benzene rings is 1. The first kappa shape index (κ1) is 10.2. The van der Waals surface area contributed by atoms with Gasteiger partial charge in [0.15, 0.2) is 5.11 Å². The summed E-state index contributed by atoms with van der Waals surface area (Å²) in [7, 11) is 0. The van der Waals surface area contributed by atoms with Crippen LogP contribution >= 0.6 is 28.1 Å². The van der Waals surface area contributed by atoms with Crippen LogP contribution in [-0.4, -0.2) is 33.8 Å². The lowest BCUT2D eigenvalue weighted by Crippen LogP contribution is -2.43. The summed E-state index contributed by atoms with van der Waals surface area (Å²) >= 11 is 8.81. The van der Waals surface area contributed by atoms with Gasteiger partial charge in [0.25, 0.3) is 0 Å². The van der Waals surface area contributed by atoms with Gasteiger partial charge in [-0.15, -0.1) is 0 Å². The van der Waals surface area contributed by atoms with Gasteiger partial charge in [0.1, 0.15) is 5.84 Å². The van der Waals surface area contributed by atoms with Crippen molar-refractivity contribution >= 4 is 44.8 Å². The fourth-order valence-corrected chi connectivity index (χ4v) is 2.65. The van der Waals surface area contributed by atoms with Crippen LogP contribution in [0.1, 0.15) is 5.56 Å². The number of nitrogens with one attached hydrogen (secondary N) is 1. The Morgan fingerprint density at radius 2 is 2.31 bits per heavy atom. The van der Waals surface area contributed by atoms with Crippen molar-refractivity contribution in [2.45, 2.75) is 6.04 Å². The third-order valence-electron chi connectivity index (χ3n) is 2.79. The Morgan fingerprint density at radius 3 is 3.12 bits per heavy atom. The molecule has 1 atom stereocenters. The van der Waals surface area contributed by atoms with Gasteiger partial charge in [-0.25, -0.2) is 0 Å². The van der Waals surface area contributed by atoms with Crippen LogP contribution in [0.25, 0.3) is 0 Å². The van der Waals surface area contributed by atoms with E-state index < -0.39 is 0 Å². The zero-order chi connectivity index (χ0) is 11.1. The lowest BCUT2D eigenvalue weighted by molar-refractivity contribution is 0.609. The first-order valence-electron chi connectivity index (χ1n) is 5.11. The number of anilines is 1. The molecule has 2 aliphatic heterocycles. The number of fused-ring (bicyclic) bond motifs is 3. The van der Waals surface area contributed by atoms with Crippen LogP contribution in [0.3, 0.4) is 0 Å². The second-order valence-electron chi connectivity index (χ2n) is 3.85. The second kappa shape index (κ2) is 3.82. The van der Waals surface area contributed by atoms with Crippen molar-refractivity contribution in [1.29, 1.82) is 0 Å². The number of hydrogen-bond donors (Lipinski definition) is 1. The van der Waals surface area contributed by atoms with Gasteiger partial charge in [0.2, 0.25) is 0 Å². The molecule has 0 saturated carbocycles. The SMILES string of the molecule is S=C1Nc2ccccc2C2=NC(CBr)CN12. The minimum Gasteiger partial charge on any atom is -0.332 e. The van der Waals surface area contributed by atoms with Gasteiger partial charge in [0.05, 0.1) is 18.3 Å². The van der Waals surface area contributed by atoms with Crippen LogP contribution in [0, 0.1) is 0 Å². The molecule has 0 aliphatic carbocycles. The monoisotopic (exact) mass is 295 g/mol. The second-order valence-corrected chi connectivity index (χ2v) is 4.88. The molecule has 0 amide bonds. The standard InChI is InChI=1S/C11H10BrN3S/c12-5-7-6-15-10(13-7)8-3-1-2-4-9(8)14-11(15)16/h1-4,7H,5-6H2,(H,14,16). The molecule has 2 heterocycles. The lowest BCUT2D eigenvalue weighted by Gasteiger charge is -2.29. The average molecular weight is 296 g/mol. The summed E-state index contributed by atoms with van der Waals surface area (Å²) in [4.78, 5) is 6.76. The minimum atomic E-state index is 0.293. The Labute approximate surface area is 108 Å². The van der Waals surface area contributed by atoms with Crippen molar-refractivity contribution < 1.29 is 0 Å². The molecule has 0 bridgehead atoms. The van der Waals surface area contributed by atoms with Gasteiger partial charge < -0.3 is 10.2 Å². The average Bonchev–Trinajstić information content (AvgIpc) is 2.74. The Bertz CT molecular complexity index is 486. The molecular formula is C11H10BrN3S. The molecular weight excluding hydrogens is 286 g/mol. The fraction of sp³-hybridized carbons (Fsp3) is 0.273. The van der Waals surface area contributed by atoms with Gasteiger partial charge in [-0.1, -0.05) is 28.1 Å². The van der Waals surface area contributed by atoms with Gasteiger partial charge in [-0.3, -0.25) is 4.99 Å². The summed E-state index contributed by atoms with van der Waals surface area (Å²) in [5.74, 6) is 1.00. The van der Waals surface area contributed by atoms with Crippen LogP contribution in [0.4, 0.5) is 5.69 Å². The highest BCUT2D eigenvalue weighted by atomic mass is 79.9. The molecule has 0 spiro atoms. The molecule has 1 N–H and O–H groups in total. The molecule has 3 nitrogen and oxygen atoms in total. The predicted octanol–water partition coefficient (Wildman–Crippen LogP) is 2.22. The summed E-state index contributed by atoms with van der Waals surface area (Å²) in [5.41, 5.74) is 2.19. The molecule has 0 saturated heterocycles. The van der Waals surface area contributed by atoms with E-state index in [0.717, 1.165) is 34.1 Å². The number of hydrogen-bond acceptors (Lipinski definition) is 2. The largest absolute Gasteiger partial charge is 0.332 e. The molecule has 0 aromatic heterocycles. The number of amidine groups is 1. The topological polar surface area (TPSA) is 27.6 Å². The maximum Gasteiger partial charge on any atom is 0.179 e. The summed E-state index contributed by atoms with van der Waals surface area (Å²) in [6.07, 6.45) is 0. The molecule has 82 valence electrons. The Hall–Kier alpha value is -0.940. The summed E-state index contributed by atoms with van der Waals surface area (Å²) in [6, 6.07) is 8.43. The zero-order valence-electron chi connectivity index (χ0n) is 8.48. The van der Waals surface area contributed by atoms with E-state index in [1.807, 2.05) is 18.2 Å². The van der Waals surface area contributed by atoms with Crippen molar-refractivity contribution in [2.75, 3.05) is 17.2 Å². The number of aliphatic imine (C=N–C) groups is 1. The molecule has 0 fully saturated rings. The number of rotatable bonds is 1. The summed E-state index contributed by atoms with van der Waals surface area (Å²) in [5, 5.41) is 4.86. The highest BCUT2D eigenvalue weighted by Crippen LogP contribution is 2.27. The minimum absolute atomic E-state index is 0.293. The van der Waals surface area contributed by atoms with Crippen molar-refractivity contribution in [3.63, 3.8) is 0 Å². The highest BCUT2D eigenvalue weighted by molar-refractivity contribution is 9.09. The van der Waals surface area contributed by atoms with E-state index in [2.05, 4.69) is 37.2 Å². The van der Waals surface area contributed by atoms with E-state index in [1.165, 1.54) is 0 Å². The molecule has 3 rings (SSSR count). The number of alkyl halides is 1. The molecule has 16 heavy (non-hydrogen) atoms. The molecule has 1 aromatic rings. The van der Waals surface area contributed by atoms with Crippen LogP contribution in [0.2, 0.25) is 0 Å². The third-order valence-corrected chi connectivity index (χ3v) is 3.86. The first-order valence-corrected chi connectivity index (χ1v) is 6.64. The number of nitrogens with zero attached hydrogens (tertiary/aromatic N) is 2. The molecule has 1 unspecified atom stereocenters. The third kappa shape index (κ3) is 1.46. The Morgan fingerprint density at radius 1 is 1.50 bits per heavy atom. The van der Waals surface area contributed by atoms with Crippen molar-refractivity contribution in [3.05, 3.63) is 29.8 Å². The van der Waals surface area contributed by atoms with E-state index in [4.69, 9.17) is 12.2 Å². The smallest absolute Gasteiger partial charge is 0.179 e. The maximum absolute atomic E-state index is 5.34. The van der Waals surface area contributed by atoms with Crippen molar-refractivity contribution in [2.24, 2.45) is 4.99 Å². The van der Waals surface area contributed by atoms with Crippen LogP contribution in [0.15, 0.2) is 29.3 Å². The first-order chi connectivity index (χ1) is 7.79. The van der Waals surface area contributed by atoms with Crippen LogP contribution < -0.4 is 5.32 Å². The fourth-order valence-electron chi connectivity index (χ4n) is 2.03. The Balaban J connectivity index is 2.11. The lowest BCUT2D eigenvalue weighted by atomic mass is 10.1. The molecule has 1 aromatic carbocycles. The van der Waals surface area contributed by atoms with Gasteiger partial charge >= 0.3 is 0 Å². The summed E-state index contributed by atoms with van der Waals surface area (Å²) in [6.45, 7) is 0.862. The quantitative estimate of drug-likeness (QED) is 0.636. The molecule has 5 heteroatoms. The van der Waals surface area contributed by atoms with E-state index in [9.17, 15) is 0 Å². The maximum atomic E-state index is 5.34. The number of halogens is 1. The van der Waals surface area contributed by atoms with Crippen molar-refractivity contribution in [3.8, 4) is 0 Å². The Kier molecular flexibility index (Phi) is 2.44. The van der Waals surface area contributed by atoms with Gasteiger partial charge in [0, 0.05) is 10.9 Å². The van der Waals surface area contributed by atoms with Crippen LogP contribution in [-0.2, 0) is 0 Å². The van der Waals surface area contributed by atoms with Gasteiger partial charge in [-0.2, -0.15) is 0 Å². The number of para-hydroxylation sites is 1. The molecule has 2 aliphatic rings. The molecule has 0 radical (unpaired) electrons.